The van der Waals surface area contributed by atoms with Gasteiger partial charge in [-0.05, 0) is 17.7 Å². The van der Waals surface area contributed by atoms with Gasteiger partial charge in [0, 0.05) is 29.6 Å². The first-order valence-electron chi connectivity index (χ1n) is 6.83. The van der Waals surface area contributed by atoms with Crippen LogP contribution in [0.2, 0.25) is 0 Å². The zero-order valence-electron chi connectivity index (χ0n) is 12.5. The molecular formula is C16H16N2O4S. The summed E-state index contributed by atoms with van der Waals surface area (Å²) in [6.07, 6.45) is 0. The highest BCUT2D eigenvalue weighted by molar-refractivity contribution is 7.99. The Balaban J connectivity index is 1.79. The molecule has 120 valence electrons. The second-order valence-corrected chi connectivity index (χ2v) is 5.68. The number of nitro groups is 1. The number of ether oxygens (including phenoxy) is 1. The number of anilines is 1. The Hall–Kier alpha value is -2.54. The van der Waals surface area contributed by atoms with Crippen LogP contribution in [0.15, 0.2) is 48.5 Å². The molecule has 0 radical (unpaired) electrons. The van der Waals surface area contributed by atoms with E-state index in [-0.39, 0.29) is 11.6 Å². The van der Waals surface area contributed by atoms with Crippen LogP contribution in [0.5, 0.6) is 5.75 Å². The standard InChI is InChI=1S/C16H16N2O4S/c1-22-15-4-2-3-13(9-15)17-16(19)11-23-10-12-5-7-14(8-6-12)18(20)21/h2-9H,10-11H2,1H3,(H,17,19). The number of rotatable bonds is 7. The third kappa shape index (κ3) is 5.30. The highest BCUT2D eigenvalue weighted by Crippen LogP contribution is 2.19. The lowest BCUT2D eigenvalue weighted by Gasteiger charge is -2.07. The van der Waals surface area contributed by atoms with Crippen molar-refractivity contribution in [1.29, 1.82) is 0 Å². The molecule has 7 heteroatoms. The number of hydrogen-bond acceptors (Lipinski definition) is 5. The van der Waals surface area contributed by atoms with Crippen LogP contribution in [-0.4, -0.2) is 23.7 Å². The van der Waals surface area contributed by atoms with Gasteiger partial charge in [-0.3, -0.25) is 14.9 Å². The van der Waals surface area contributed by atoms with Gasteiger partial charge in [0.2, 0.25) is 5.91 Å². The lowest BCUT2D eigenvalue weighted by atomic mass is 10.2. The van der Waals surface area contributed by atoms with E-state index in [1.807, 2.05) is 0 Å². The molecule has 0 fully saturated rings. The molecule has 1 N–H and O–H groups in total. The minimum absolute atomic E-state index is 0.0644. The van der Waals surface area contributed by atoms with Gasteiger partial charge in [0.05, 0.1) is 17.8 Å². The van der Waals surface area contributed by atoms with E-state index >= 15 is 0 Å². The van der Waals surface area contributed by atoms with Crippen LogP contribution >= 0.6 is 11.8 Å². The van der Waals surface area contributed by atoms with E-state index in [1.54, 1.807) is 43.5 Å². The predicted octanol–water partition coefficient (Wildman–Crippen LogP) is 3.48. The van der Waals surface area contributed by atoms with Crippen molar-refractivity contribution in [1.82, 2.24) is 0 Å². The summed E-state index contributed by atoms with van der Waals surface area (Å²) in [6.45, 7) is 0. The molecular weight excluding hydrogens is 316 g/mol. The molecule has 2 aromatic rings. The molecule has 0 aliphatic carbocycles. The van der Waals surface area contributed by atoms with E-state index in [0.717, 1.165) is 5.56 Å². The Morgan fingerprint density at radius 1 is 1.26 bits per heavy atom. The SMILES string of the molecule is COc1cccc(NC(=O)CSCc2ccc([N+](=O)[O-])cc2)c1. The Labute approximate surface area is 138 Å². The number of benzene rings is 2. The Morgan fingerprint density at radius 3 is 2.65 bits per heavy atom. The van der Waals surface area contributed by atoms with Crippen LogP contribution in [0, 0.1) is 10.1 Å². The average Bonchev–Trinajstić information content (AvgIpc) is 2.55. The summed E-state index contributed by atoms with van der Waals surface area (Å²) in [5, 5.41) is 13.4. The van der Waals surface area contributed by atoms with Crippen molar-refractivity contribution in [3.8, 4) is 5.75 Å². The van der Waals surface area contributed by atoms with E-state index in [9.17, 15) is 14.9 Å². The lowest BCUT2D eigenvalue weighted by Crippen LogP contribution is -2.14. The average molecular weight is 332 g/mol. The van der Waals surface area contributed by atoms with Crippen LogP contribution in [0.3, 0.4) is 0 Å². The summed E-state index contributed by atoms with van der Waals surface area (Å²) in [5.41, 5.74) is 1.69. The number of nitro benzene ring substituents is 1. The van der Waals surface area contributed by atoms with E-state index in [0.29, 0.717) is 22.9 Å². The minimum atomic E-state index is -0.432. The molecule has 0 saturated heterocycles. The fraction of sp³-hybridized carbons (Fsp3) is 0.188. The van der Waals surface area contributed by atoms with Gasteiger partial charge in [-0.1, -0.05) is 18.2 Å². The molecule has 0 atom stereocenters. The van der Waals surface area contributed by atoms with Crippen molar-refractivity contribution >= 4 is 29.0 Å². The van der Waals surface area contributed by atoms with Crippen LogP contribution in [0.1, 0.15) is 5.56 Å². The normalized spacial score (nSPS) is 10.1. The van der Waals surface area contributed by atoms with Gasteiger partial charge in [0.15, 0.2) is 0 Å². The first-order chi connectivity index (χ1) is 11.1. The smallest absolute Gasteiger partial charge is 0.269 e. The van der Waals surface area contributed by atoms with Crippen molar-refractivity contribution in [3.63, 3.8) is 0 Å². The Morgan fingerprint density at radius 2 is 2.00 bits per heavy atom. The topological polar surface area (TPSA) is 81.5 Å². The maximum Gasteiger partial charge on any atom is 0.269 e. The summed E-state index contributed by atoms with van der Waals surface area (Å²) in [5.74, 6) is 1.49. The van der Waals surface area contributed by atoms with E-state index in [4.69, 9.17) is 4.74 Å². The van der Waals surface area contributed by atoms with Gasteiger partial charge in [-0.2, -0.15) is 0 Å². The molecule has 0 bridgehead atoms. The van der Waals surface area contributed by atoms with E-state index < -0.39 is 4.92 Å². The number of carbonyl (C=O) groups is 1. The first kappa shape index (κ1) is 16.8. The van der Waals surface area contributed by atoms with Crippen LogP contribution in [-0.2, 0) is 10.5 Å². The summed E-state index contributed by atoms with van der Waals surface area (Å²) in [4.78, 5) is 22.0. The number of non-ortho nitro benzene ring substituents is 1. The quantitative estimate of drug-likeness (QED) is 0.620. The number of methoxy groups -OCH3 is 1. The second-order valence-electron chi connectivity index (χ2n) is 4.70. The summed E-state index contributed by atoms with van der Waals surface area (Å²) < 4.78 is 5.10. The summed E-state index contributed by atoms with van der Waals surface area (Å²) in [6, 6.07) is 13.5. The number of carbonyl (C=O) groups excluding carboxylic acids is 1. The Kier molecular flexibility index (Phi) is 5.99. The third-order valence-corrected chi connectivity index (χ3v) is 4.01. The molecule has 6 nitrogen and oxygen atoms in total. The number of nitrogens with one attached hydrogen (secondary N) is 1. The maximum atomic E-state index is 11.9. The van der Waals surface area contributed by atoms with Gasteiger partial charge in [-0.25, -0.2) is 0 Å². The van der Waals surface area contributed by atoms with Crippen molar-refractivity contribution in [2.24, 2.45) is 0 Å². The predicted molar refractivity (Wildman–Crippen MR) is 90.9 cm³/mol. The number of nitrogens with zero attached hydrogens (tertiary/aromatic N) is 1. The number of thioether (sulfide) groups is 1. The van der Waals surface area contributed by atoms with Crippen molar-refractivity contribution in [2.45, 2.75) is 5.75 Å². The van der Waals surface area contributed by atoms with E-state index in [2.05, 4.69) is 5.32 Å². The molecule has 0 heterocycles. The van der Waals surface area contributed by atoms with E-state index in [1.165, 1.54) is 23.9 Å². The van der Waals surface area contributed by atoms with Gasteiger partial charge in [0.25, 0.3) is 5.69 Å². The third-order valence-electron chi connectivity index (χ3n) is 3.00. The fourth-order valence-electron chi connectivity index (χ4n) is 1.87. The van der Waals surface area contributed by atoms with Gasteiger partial charge < -0.3 is 10.1 Å². The molecule has 2 rings (SSSR count). The molecule has 0 aromatic heterocycles. The minimum Gasteiger partial charge on any atom is -0.497 e. The zero-order valence-corrected chi connectivity index (χ0v) is 13.3. The molecule has 0 saturated carbocycles. The van der Waals surface area contributed by atoms with Crippen molar-refractivity contribution in [2.75, 3.05) is 18.2 Å². The summed E-state index contributed by atoms with van der Waals surface area (Å²) >= 11 is 1.44. The Bertz CT molecular complexity index is 689. The lowest BCUT2D eigenvalue weighted by molar-refractivity contribution is -0.384. The number of amides is 1. The van der Waals surface area contributed by atoms with Gasteiger partial charge in [0.1, 0.15) is 5.75 Å². The molecule has 0 spiro atoms. The molecule has 0 aliphatic rings. The molecule has 2 aromatic carbocycles. The monoisotopic (exact) mass is 332 g/mol. The fourth-order valence-corrected chi connectivity index (χ4v) is 2.66. The maximum absolute atomic E-state index is 11.9. The van der Waals surface area contributed by atoms with Crippen LogP contribution < -0.4 is 10.1 Å². The number of hydrogen-bond donors (Lipinski definition) is 1. The molecule has 0 aliphatic heterocycles. The van der Waals surface area contributed by atoms with Crippen LogP contribution in [0.25, 0.3) is 0 Å². The molecule has 1 amide bonds. The second kappa shape index (κ2) is 8.19. The largest absolute Gasteiger partial charge is 0.497 e. The first-order valence-corrected chi connectivity index (χ1v) is 7.99. The summed E-state index contributed by atoms with van der Waals surface area (Å²) in [7, 11) is 1.57. The van der Waals surface area contributed by atoms with Crippen molar-refractivity contribution in [3.05, 3.63) is 64.2 Å². The van der Waals surface area contributed by atoms with Crippen LogP contribution in [0.4, 0.5) is 11.4 Å². The van der Waals surface area contributed by atoms with Crippen molar-refractivity contribution < 1.29 is 14.5 Å². The molecule has 0 unspecified atom stereocenters. The van der Waals surface area contributed by atoms with Gasteiger partial charge in [-0.15, -0.1) is 11.8 Å². The highest BCUT2D eigenvalue weighted by atomic mass is 32.2. The highest BCUT2D eigenvalue weighted by Gasteiger charge is 2.06. The zero-order chi connectivity index (χ0) is 16.7. The molecule has 23 heavy (non-hydrogen) atoms. The van der Waals surface area contributed by atoms with Gasteiger partial charge >= 0.3 is 0 Å².